The standard InChI is InChI=1S/C16H20N2O5S/c1-2-5-23-16(19)12-7-17-14-8-22-9-18-13-4-3-10(24(20)21)6-11(13)15(12)14/h4,6-7,10,17-18H,2-3,5,8-9H2,1H3,(H,20,21). The molecule has 8 heteroatoms. The van der Waals surface area contributed by atoms with E-state index in [4.69, 9.17) is 9.47 Å². The molecule has 3 N–H and O–H groups in total. The van der Waals surface area contributed by atoms with Crippen LogP contribution in [-0.4, -0.2) is 38.3 Å². The number of rotatable bonds is 4. The third kappa shape index (κ3) is 3.31. The smallest absolute Gasteiger partial charge is 0.340 e. The zero-order valence-corrected chi connectivity index (χ0v) is 14.1. The third-order valence-electron chi connectivity index (χ3n) is 3.96. The molecule has 0 aromatic carbocycles. The minimum absolute atomic E-state index is 0.306. The summed E-state index contributed by atoms with van der Waals surface area (Å²) >= 11 is -1.97. The molecule has 7 nitrogen and oxygen atoms in total. The van der Waals surface area contributed by atoms with Gasteiger partial charge in [-0.3, -0.25) is 0 Å². The molecule has 0 radical (unpaired) electrons. The Morgan fingerprint density at radius 1 is 1.54 bits per heavy atom. The van der Waals surface area contributed by atoms with E-state index in [1.807, 2.05) is 13.0 Å². The fraction of sp³-hybridized carbons (Fsp3) is 0.438. The molecule has 130 valence electrons. The molecule has 2 unspecified atom stereocenters. The summed E-state index contributed by atoms with van der Waals surface area (Å²) in [6.45, 7) is 2.90. The van der Waals surface area contributed by atoms with Crippen molar-refractivity contribution >= 4 is 22.6 Å². The van der Waals surface area contributed by atoms with Gasteiger partial charge in [-0.1, -0.05) is 19.1 Å². The van der Waals surface area contributed by atoms with Gasteiger partial charge in [-0.15, -0.1) is 0 Å². The van der Waals surface area contributed by atoms with E-state index < -0.39 is 22.3 Å². The van der Waals surface area contributed by atoms with Gasteiger partial charge in [0.25, 0.3) is 0 Å². The first-order valence-electron chi connectivity index (χ1n) is 7.83. The lowest BCUT2D eigenvalue weighted by molar-refractivity contribution is 0.0504. The molecule has 1 aromatic rings. The van der Waals surface area contributed by atoms with Gasteiger partial charge in [0.05, 0.1) is 24.0 Å². The van der Waals surface area contributed by atoms with Crippen LogP contribution in [0.2, 0.25) is 0 Å². The maximum Gasteiger partial charge on any atom is 0.340 e. The number of ether oxygens (including phenoxy) is 2. The summed E-state index contributed by atoms with van der Waals surface area (Å²) in [5, 5.41) is 2.64. The van der Waals surface area contributed by atoms with E-state index in [2.05, 4.69) is 10.3 Å². The second-order valence-electron chi connectivity index (χ2n) is 5.61. The molecule has 1 aliphatic carbocycles. The lowest BCUT2D eigenvalue weighted by Gasteiger charge is -2.25. The van der Waals surface area contributed by atoms with Crippen molar-refractivity contribution in [1.29, 1.82) is 0 Å². The maximum absolute atomic E-state index is 12.4. The van der Waals surface area contributed by atoms with Gasteiger partial charge in [0.2, 0.25) is 0 Å². The SMILES string of the molecule is CCCOC(=O)c1c[nH]c2c1C1=CC(S(=O)O)CC=C1NCOC2. The molecular formula is C16H20N2O5S. The van der Waals surface area contributed by atoms with Crippen molar-refractivity contribution in [3.8, 4) is 0 Å². The summed E-state index contributed by atoms with van der Waals surface area (Å²) in [7, 11) is 0. The van der Waals surface area contributed by atoms with E-state index in [9.17, 15) is 13.6 Å². The number of carbonyl (C=O) groups excluding carboxylic acids is 1. The van der Waals surface area contributed by atoms with Crippen LogP contribution in [0.25, 0.3) is 5.57 Å². The van der Waals surface area contributed by atoms with E-state index in [0.29, 0.717) is 37.5 Å². The molecule has 1 aliphatic heterocycles. The lowest BCUT2D eigenvalue weighted by atomic mass is 9.93. The van der Waals surface area contributed by atoms with Gasteiger partial charge < -0.3 is 24.3 Å². The molecule has 3 rings (SSSR count). The van der Waals surface area contributed by atoms with Crippen LogP contribution in [-0.2, 0) is 27.2 Å². The van der Waals surface area contributed by atoms with Crippen LogP contribution in [0.1, 0.15) is 41.4 Å². The molecule has 0 bridgehead atoms. The summed E-state index contributed by atoms with van der Waals surface area (Å²) in [5.74, 6) is -0.414. The predicted molar refractivity (Wildman–Crippen MR) is 89.4 cm³/mol. The number of hydrogen-bond acceptors (Lipinski definition) is 5. The molecule has 2 heterocycles. The first-order chi connectivity index (χ1) is 11.6. The van der Waals surface area contributed by atoms with Gasteiger partial charge in [-0.2, -0.15) is 0 Å². The Kier molecular flexibility index (Phi) is 5.17. The monoisotopic (exact) mass is 352 g/mol. The Morgan fingerprint density at radius 3 is 3.12 bits per heavy atom. The topological polar surface area (TPSA) is 101 Å². The molecule has 2 atom stereocenters. The quantitative estimate of drug-likeness (QED) is 0.565. The normalized spacial score (nSPS) is 21.2. The second-order valence-corrected chi connectivity index (χ2v) is 6.77. The number of aromatic nitrogens is 1. The van der Waals surface area contributed by atoms with Gasteiger partial charge in [-0.25, -0.2) is 9.00 Å². The van der Waals surface area contributed by atoms with Crippen LogP contribution in [0.4, 0.5) is 0 Å². The number of fused-ring (bicyclic) bond motifs is 3. The Balaban J connectivity index is 2.06. The highest BCUT2D eigenvalue weighted by Gasteiger charge is 2.28. The predicted octanol–water partition coefficient (Wildman–Crippen LogP) is 1.92. The zero-order chi connectivity index (χ0) is 17.1. The number of carbonyl (C=O) groups is 1. The van der Waals surface area contributed by atoms with Crippen molar-refractivity contribution in [2.75, 3.05) is 13.3 Å². The number of aromatic amines is 1. The van der Waals surface area contributed by atoms with E-state index in [1.165, 1.54) is 0 Å². The summed E-state index contributed by atoms with van der Waals surface area (Å²) < 4.78 is 31.7. The van der Waals surface area contributed by atoms with E-state index in [0.717, 1.165) is 23.4 Å². The van der Waals surface area contributed by atoms with Crippen molar-refractivity contribution in [1.82, 2.24) is 10.3 Å². The number of hydrogen-bond donors (Lipinski definition) is 3. The first kappa shape index (κ1) is 16.9. The van der Waals surface area contributed by atoms with Gasteiger partial charge in [-0.05, 0) is 12.8 Å². The largest absolute Gasteiger partial charge is 0.462 e. The van der Waals surface area contributed by atoms with E-state index in [1.54, 1.807) is 12.3 Å². The Labute approximate surface area is 142 Å². The molecular weight excluding hydrogens is 332 g/mol. The van der Waals surface area contributed by atoms with Crippen LogP contribution in [0.3, 0.4) is 0 Å². The van der Waals surface area contributed by atoms with Crippen molar-refractivity contribution in [2.24, 2.45) is 0 Å². The van der Waals surface area contributed by atoms with Crippen molar-refractivity contribution in [3.63, 3.8) is 0 Å². The van der Waals surface area contributed by atoms with Crippen LogP contribution in [0.15, 0.2) is 24.0 Å². The summed E-state index contributed by atoms with van der Waals surface area (Å²) in [6.07, 6.45) is 6.40. The van der Waals surface area contributed by atoms with Crippen molar-refractivity contribution in [3.05, 3.63) is 40.9 Å². The van der Waals surface area contributed by atoms with Gasteiger partial charge in [0.15, 0.2) is 11.1 Å². The highest BCUT2D eigenvalue weighted by Crippen LogP contribution is 2.34. The highest BCUT2D eigenvalue weighted by atomic mass is 32.2. The Bertz CT molecular complexity index is 722. The minimum Gasteiger partial charge on any atom is -0.462 e. The first-order valence-corrected chi connectivity index (χ1v) is 9.00. The molecule has 1 aromatic heterocycles. The maximum atomic E-state index is 12.4. The number of nitrogens with one attached hydrogen (secondary N) is 2. The van der Waals surface area contributed by atoms with Crippen LogP contribution in [0.5, 0.6) is 0 Å². The van der Waals surface area contributed by atoms with Gasteiger partial charge in [0.1, 0.15) is 6.73 Å². The van der Waals surface area contributed by atoms with Crippen LogP contribution in [0, 0.1) is 0 Å². The molecule has 0 saturated heterocycles. The average Bonchev–Trinajstić information content (AvgIpc) is 2.97. The molecule has 0 saturated carbocycles. The number of esters is 1. The fourth-order valence-corrected chi connectivity index (χ4v) is 3.33. The van der Waals surface area contributed by atoms with Crippen molar-refractivity contribution in [2.45, 2.75) is 31.6 Å². The molecule has 0 spiro atoms. The number of H-pyrrole nitrogens is 1. The van der Waals surface area contributed by atoms with Crippen LogP contribution >= 0.6 is 0 Å². The van der Waals surface area contributed by atoms with E-state index >= 15 is 0 Å². The molecule has 24 heavy (non-hydrogen) atoms. The summed E-state index contributed by atoms with van der Waals surface area (Å²) in [5.41, 5.74) is 3.36. The zero-order valence-electron chi connectivity index (χ0n) is 13.3. The van der Waals surface area contributed by atoms with Crippen molar-refractivity contribution < 1.29 is 23.0 Å². The summed E-state index contributed by atoms with van der Waals surface area (Å²) in [4.78, 5) is 15.4. The number of allylic oxidation sites excluding steroid dienone is 2. The van der Waals surface area contributed by atoms with Gasteiger partial charge >= 0.3 is 5.97 Å². The van der Waals surface area contributed by atoms with Gasteiger partial charge in [0, 0.05) is 28.7 Å². The second kappa shape index (κ2) is 7.33. The van der Waals surface area contributed by atoms with Crippen LogP contribution < -0.4 is 5.32 Å². The molecule has 0 fully saturated rings. The van der Waals surface area contributed by atoms with E-state index in [-0.39, 0.29) is 0 Å². The Morgan fingerprint density at radius 2 is 2.38 bits per heavy atom. The molecule has 0 amide bonds. The average molecular weight is 352 g/mol. The minimum atomic E-state index is -1.97. The molecule has 2 aliphatic rings. The lowest BCUT2D eigenvalue weighted by Crippen LogP contribution is -2.26. The Hall–Kier alpha value is -1.90. The third-order valence-corrected chi connectivity index (χ3v) is 4.80. The highest BCUT2D eigenvalue weighted by molar-refractivity contribution is 7.80. The fourth-order valence-electron chi connectivity index (χ4n) is 2.82. The summed E-state index contributed by atoms with van der Waals surface area (Å²) in [6, 6.07) is 0.